The minimum absolute atomic E-state index is 0.158. The summed E-state index contributed by atoms with van der Waals surface area (Å²) < 4.78 is 30.1. The zero-order valence-electron chi connectivity index (χ0n) is 17.3. The molecule has 4 rings (SSSR count). The van der Waals surface area contributed by atoms with Gasteiger partial charge in [-0.2, -0.15) is 5.10 Å². The van der Waals surface area contributed by atoms with E-state index in [4.69, 9.17) is 0 Å². The Bertz CT molecular complexity index is 1460. The fourth-order valence-electron chi connectivity index (χ4n) is 3.09. The number of aryl methyl sites for hydroxylation is 2. The Morgan fingerprint density at radius 2 is 1.69 bits per heavy atom. The van der Waals surface area contributed by atoms with Gasteiger partial charge >= 0.3 is 0 Å². The second kappa shape index (κ2) is 8.27. The van der Waals surface area contributed by atoms with Crippen molar-refractivity contribution in [3.05, 3.63) is 77.0 Å². The zero-order chi connectivity index (χ0) is 22.9. The van der Waals surface area contributed by atoms with Gasteiger partial charge in [-0.25, -0.2) is 13.4 Å². The lowest BCUT2D eigenvalue weighted by Gasteiger charge is -2.10. The standard InChI is InChI=1S/C21H20N6O4S/c1-14-3-9-17(10-4-14)32(30,31)25-16-7-5-15(6-8-16)24-19(28)12-27-13-22-20-18(21(27)29)11-23-26(20)2/h3-11,13,25H,12H2,1-2H3,(H,24,28). The molecular formula is C21H20N6O4S. The molecule has 2 N–H and O–H groups in total. The minimum Gasteiger partial charge on any atom is -0.325 e. The fraction of sp³-hybridized carbons (Fsp3) is 0.143. The lowest BCUT2D eigenvalue weighted by molar-refractivity contribution is -0.116. The van der Waals surface area contributed by atoms with Crippen molar-refractivity contribution in [2.45, 2.75) is 18.4 Å². The van der Waals surface area contributed by atoms with Crippen LogP contribution in [0.4, 0.5) is 11.4 Å². The van der Waals surface area contributed by atoms with E-state index < -0.39 is 15.9 Å². The molecule has 2 aromatic heterocycles. The van der Waals surface area contributed by atoms with Crippen LogP contribution in [-0.2, 0) is 28.4 Å². The summed E-state index contributed by atoms with van der Waals surface area (Å²) in [4.78, 5) is 29.2. The first-order chi connectivity index (χ1) is 15.2. The number of sulfonamides is 1. The van der Waals surface area contributed by atoms with Crippen molar-refractivity contribution in [3.63, 3.8) is 0 Å². The van der Waals surface area contributed by atoms with Crippen molar-refractivity contribution in [3.8, 4) is 0 Å². The molecule has 0 saturated carbocycles. The van der Waals surface area contributed by atoms with E-state index in [2.05, 4.69) is 20.1 Å². The van der Waals surface area contributed by atoms with Crippen molar-refractivity contribution in [1.82, 2.24) is 19.3 Å². The number of anilines is 2. The lowest BCUT2D eigenvalue weighted by Crippen LogP contribution is -2.27. The second-order valence-corrected chi connectivity index (χ2v) is 8.91. The van der Waals surface area contributed by atoms with Gasteiger partial charge in [0.2, 0.25) is 5.91 Å². The highest BCUT2D eigenvalue weighted by molar-refractivity contribution is 7.92. The first-order valence-electron chi connectivity index (χ1n) is 9.59. The number of nitrogens with zero attached hydrogens (tertiary/aromatic N) is 4. The summed E-state index contributed by atoms with van der Waals surface area (Å²) in [5.41, 5.74) is 1.85. The van der Waals surface area contributed by atoms with Crippen LogP contribution >= 0.6 is 0 Å². The molecule has 2 heterocycles. The van der Waals surface area contributed by atoms with Gasteiger partial charge in [0.1, 0.15) is 18.3 Å². The molecule has 0 saturated heterocycles. The van der Waals surface area contributed by atoms with Crippen LogP contribution in [0.5, 0.6) is 0 Å². The van der Waals surface area contributed by atoms with E-state index >= 15 is 0 Å². The van der Waals surface area contributed by atoms with E-state index in [1.54, 1.807) is 31.3 Å². The van der Waals surface area contributed by atoms with Crippen LogP contribution in [0.25, 0.3) is 11.0 Å². The van der Waals surface area contributed by atoms with E-state index in [1.807, 2.05) is 6.92 Å². The third kappa shape index (κ3) is 4.37. The van der Waals surface area contributed by atoms with Crippen LogP contribution in [0.3, 0.4) is 0 Å². The average molecular weight is 452 g/mol. The summed E-state index contributed by atoms with van der Waals surface area (Å²) in [5, 5.41) is 6.99. The molecule has 2 aromatic carbocycles. The quantitative estimate of drug-likeness (QED) is 0.460. The average Bonchev–Trinajstić information content (AvgIpc) is 3.13. The summed E-state index contributed by atoms with van der Waals surface area (Å²) in [7, 11) is -2.04. The highest BCUT2D eigenvalue weighted by Gasteiger charge is 2.14. The zero-order valence-corrected chi connectivity index (χ0v) is 18.1. The maximum Gasteiger partial charge on any atom is 0.264 e. The molecule has 0 aliphatic heterocycles. The smallest absolute Gasteiger partial charge is 0.264 e. The van der Waals surface area contributed by atoms with Crippen LogP contribution in [0.15, 0.2) is 70.7 Å². The number of nitrogens with one attached hydrogen (secondary N) is 2. The molecule has 0 unspecified atom stereocenters. The lowest BCUT2D eigenvalue weighted by atomic mass is 10.2. The van der Waals surface area contributed by atoms with Crippen LogP contribution in [-0.4, -0.2) is 33.7 Å². The molecule has 0 spiro atoms. The molecule has 0 radical (unpaired) electrons. The Kier molecular flexibility index (Phi) is 5.49. The maximum absolute atomic E-state index is 12.5. The molecule has 0 aliphatic rings. The third-order valence-electron chi connectivity index (χ3n) is 4.78. The number of aromatic nitrogens is 4. The highest BCUT2D eigenvalue weighted by atomic mass is 32.2. The van der Waals surface area contributed by atoms with Crippen molar-refractivity contribution < 1.29 is 13.2 Å². The predicted octanol–water partition coefficient (Wildman–Crippen LogP) is 1.88. The molecule has 0 aliphatic carbocycles. The van der Waals surface area contributed by atoms with Crippen molar-refractivity contribution in [2.24, 2.45) is 7.05 Å². The SMILES string of the molecule is Cc1ccc(S(=O)(=O)Nc2ccc(NC(=O)Cn3cnc4c(cnn4C)c3=O)cc2)cc1. The van der Waals surface area contributed by atoms with E-state index in [0.717, 1.165) is 5.56 Å². The van der Waals surface area contributed by atoms with Gasteiger partial charge < -0.3 is 5.32 Å². The van der Waals surface area contributed by atoms with Gasteiger partial charge in [0.15, 0.2) is 5.65 Å². The molecule has 0 atom stereocenters. The Labute approximate surface area is 183 Å². The molecule has 10 nitrogen and oxygen atoms in total. The molecule has 4 aromatic rings. The Hall–Kier alpha value is -3.99. The number of carbonyl (C=O) groups excluding carboxylic acids is 1. The van der Waals surface area contributed by atoms with Crippen LogP contribution in [0.2, 0.25) is 0 Å². The first kappa shape index (κ1) is 21.2. The highest BCUT2D eigenvalue weighted by Crippen LogP contribution is 2.19. The van der Waals surface area contributed by atoms with Gasteiger partial charge in [0.05, 0.1) is 11.1 Å². The van der Waals surface area contributed by atoms with Crippen molar-refractivity contribution >= 4 is 38.3 Å². The van der Waals surface area contributed by atoms with Gasteiger partial charge in [-0.15, -0.1) is 0 Å². The van der Waals surface area contributed by atoms with E-state index in [1.165, 1.54) is 46.0 Å². The van der Waals surface area contributed by atoms with Gasteiger partial charge in [-0.05, 0) is 43.3 Å². The van der Waals surface area contributed by atoms with Crippen LogP contribution in [0.1, 0.15) is 5.56 Å². The summed E-state index contributed by atoms with van der Waals surface area (Å²) >= 11 is 0. The summed E-state index contributed by atoms with van der Waals surface area (Å²) in [6.45, 7) is 1.65. The number of fused-ring (bicyclic) bond motifs is 1. The molecule has 11 heteroatoms. The number of amides is 1. The van der Waals surface area contributed by atoms with E-state index in [9.17, 15) is 18.0 Å². The summed E-state index contributed by atoms with van der Waals surface area (Å²) in [5.74, 6) is -0.426. The third-order valence-corrected chi connectivity index (χ3v) is 6.18. The van der Waals surface area contributed by atoms with Crippen LogP contribution < -0.4 is 15.6 Å². The van der Waals surface area contributed by atoms with Gasteiger partial charge in [-0.1, -0.05) is 17.7 Å². The maximum atomic E-state index is 12.5. The Balaban J connectivity index is 1.42. The van der Waals surface area contributed by atoms with E-state index in [-0.39, 0.29) is 17.0 Å². The number of hydrogen-bond acceptors (Lipinski definition) is 6. The Morgan fingerprint density at radius 3 is 2.38 bits per heavy atom. The number of carbonyl (C=O) groups is 1. The molecule has 0 bridgehead atoms. The normalized spacial score (nSPS) is 11.4. The molecular weight excluding hydrogens is 432 g/mol. The largest absolute Gasteiger partial charge is 0.325 e. The van der Waals surface area contributed by atoms with Gasteiger partial charge in [0.25, 0.3) is 15.6 Å². The second-order valence-electron chi connectivity index (χ2n) is 7.23. The number of benzene rings is 2. The van der Waals surface area contributed by atoms with Crippen molar-refractivity contribution in [1.29, 1.82) is 0 Å². The number of rotatable bonds is 6. The van der Waals surface area contributed by atoms with E-state index in [0.29, 0.717) is 22.4 Å². The minimum atomic E-state index is -3.72. The van der Waals surface area contributed by atoms with Crippen molar-refractivity contribution in [2.75, 3.05) is 10.0 Å². The van der Waals surface area contributed by atoms with Gasteiger partial charge in [0, 0.05) is 18.4 Å². The topological polar surface area (TPSA) is 128 Å². The fourth-order valence-corrected chi connectivity index (χ4v) is 4.15. The molecule has 1 amide bonds. The first-order valence-corrected chi connectivity index (χ1v) is 11.1. The molecule has 0 fully saturated rings. The van der Waals surface area contributed by atoms with Gasteiger partial charge in [-0.3, -0.25) is 23.6 Å². The molecule has 164 valence electrons. The summed E-state index contributed by atoms with van der Waals surface area (Å²) in [6.07, 6.45) is 2.71. The summed E-state index contributed by atoms with van der Waals surface area (Å²) in [6, 6.07) is 12.7. The Morgan fingerprint density at radius 1 is 1.03 bits per heavy atom. The monoisotopic (exact) mass is 452 g/mol. The molecule has 32 heavy (non-hydrogen) atoms. The number of hydrogen-bond donors (Lipinski definition) is 2. The van der Waals surface area contributed by atoms with Crippen LogP contribution in [0, 0.1) is 6.92 Å². The predicted molar refractivity (Wildman–Crippen MR) is 120 cm³/mol.